The van der Waals surface area contributed by atoms with Crippen LogP contribution in [0.2, 0.25) is 0 Å². The summed E-state index contributed by atoms with van der Waals surface area (Å²) < 4.78 is 0. The molecule has 0 aromatic heterocycles. The Kier molecular flexibility index (Phi) is 3.31. The largest absolute Gasteiger partial charge is 0.295 e. The summed E-state index contributed by atoms with van der Waals surface area (Å²) in [4.78, 5) is 2.37. The van der Waals surface area contributed by atoms with Crippen LogP contribution in [-0.2, 0) is 0 Å². The van der Waals surface area contributed by atoms with Crippen LogP contribution in [0, 0.1) is 11.3 Å². The standard InChI is InChI=1S/C10H16N2/c1-9-4-3-7-12(8-9)10(2)5-6-11/h4,10H,3,5,7-8H2,1-2H3. The third-order valence-electron chi connectivity index (χ3n) is 2.37. The first-order valence-electron chi connectivity index (χ1n) is 4.50. The lowest BCUT2D eigenvalue weighted by Gasteiger charge is -2.30. The Bertz CT molecular complexity index is 212. The molecule has 0 radical (unpaired) electrons. The van der Waals surface area contributed by atoms with Gasteiger partial charge in [0.2, 0.25) is 0 Å². The van der Waals surface area contributed by atoms with Gasteiger partial charge in [-0.05, 0) is 20.3 Å². The minimum Gasteiger partial charge on any atom is -0.295 e. The maximum atomic E-state index is 8.54. The molecule has 2 heteroatoms. The maximum Gasteiger partial charge on any atom is 0.0638 e. The van der Waals surface area contributed by atoms with Crippen molar-refractivity contribution in [2.24, 2.45) is 0 Å². The van der Waals surface area contributed by atoms with E-state index in [1.165, 1.54) is 5.57 Å². The zero-order valence-corrected chi connectivity index (χ0v) is 7.88. The molecule has 1 heterocycles. The van der Waals surface area contributed by atoms with E-state index in [9.17, 15) is 0 Å². The zero-order chi connectivity index (χ0) is 8.97. The van der Waals surface area contributed by atoms with Crippen LogP contribution in [0.4, 0.5) is 0 Å². The van der Waals surface area contributed by atoms with Crippen LogP contribution >= 0.6 is 0 Å². The van der Waals surface area contributed by atoms with Gasteiger partial charge in [-0.15, -0.1) is 0 Å². The summed E-state index contributed by atoms with van der Waals surface area (Å²) in [6.45, 7) is 6.44. The Morgan fingerprint density at radius 1 is 1.75 bits per heavy atom. The second-order valence-electron chi connectivity index (χ2n) is 3.52. The predicted octanol–water partition coefficient (Wildman–Crippen LogP) is 1.94. The van der Waals surface area contributed by atoms with Crippen LogP contribution in [-0.4, -0.2) is 24.0 Å². The summed E-state index contributed by atoms with van der Waals surface area (Å²) in [7, 11) is 0. The van der Waals surface area contributed by atoms with Gasteiger partial charge in [0, 0.05) is 19.1 Å². The van der Waals surface area contributed by atoms with Crippen LogP contribution in [0.25, 0.3) is 0 Å². The second kappa shape index (κ2) is 4.27. The van der Waals surface area contributed by atoms with Gasteiger partial charge in [0.15, 0.2) is 0 Å². The van der Waals surface area contributed by atoms with Gasteiger partial charge in [-0.25, -0.2) is 0 Å². The lowest BCUT2D eigenvalue weighted by atomic mass is 10.1. The predicted molar refractivity (Wildman–Crippen MR) is 49.6 cm³/mol. The summed E-state index contributed by atoms with van der Waals surface area (Å²) in [5.41, 5.74) is 1.44. The fraction of sp³-hybridized carbons (Fsp3) is 0.700. The van der Waals surface area contributed by atoms with Crippen LogP contribution in [0.1, 0.15) is 26.7 Å². The normalized spacial score (nSPS) is 21.2. The van der Waals surface area contributed by atoms with E-state index in [0.29, 0.717) is 12.5 Å². The van der Waals surface area contributed by atoms with Crippen LogP contribution in [0.5, 0.6) is 0 Å². The minimum atomic E-state index is 0.415. The number of nitrogens with zero attached hydrogens (tertiary/aromatic N) is 2. The van der Waals surface area contributed by atoms with Crippen molar-refractivity contribution in [2.45, 2.75) is 32.7 Å². The molecule has 0 aromatic carbocycles. The molecule has 0 fully saturated rings. The highest BCUT2D eigenvalue weighted by Gasteiger charge is 2.15. The third-order valence-corrected chi connectivity index (χ3v) is 2.37. The molecule has 1 aliphatic heterocycles. The Balaban J connectivity index is 2.44. The molecular weight excluding hydrogens is 148 g/mol. The van der Waals surface area contributed by atoms with E-state index >= 15 is 0 Å². The fourth-order valence-corrected chi connectivity index (χ4v) is 1.58. The van der Waals surface area contributed by atoms with Crippen molar-refractivity contribution < 1.29 is 0 Å². The monoisotopic (exact) mass is 164 g/mol. The van der Waals surface area contributed by atoms with Crippen molar-refractivity contribution in [2.75, 3.05) is 13.1 Å². The first kappa shape index (κ1) is 9.28. The molecule has 12 heavy (non-hydrogen) atoms. The molecule has 0 spiro atoms. The molecule has 0 aromatic rings. The van der Waals surface area contributed by atoms with Gasteiger partial charge in [0.1, 0.15) is 0 Å². The van der Waals surface area contributed by atoms with E-state index in [-0.39, 0.29) is 0 Å². The summed E-state index contributed by atoms with van der Waals surface area (Å²) in [6.07, 6.45) is 4.07. The average molecular weight is 164 g/mol. The van der Waals surface area contributed by atoms with Crippen LogP contribution in [0.15, 0.2) is 11.6 Å². The third kappa shape index (κ3) is 2.35. The van der Waals surface area contributed by atoms with Crippen LogP contribution < -0.4 is 0 Å². The molecule has 1 atom stereocenters. The molecule has 1 aliphatic rings. The van der Waals surface area contributed by atoms with E-state index in [4.69, 9.17) is 5.26 Å². The molecule has 1 unspecified atom stereocenters. The van der Waals surface area contributed by atoms with Gasteiger partial charge in [-0.3, -0.25) is 4.90 Å². The SMILES string of the molecule is CC1=CCCN(C(C)CC#N)C1. The Labute approximate surface area is 74.5 Å². The topological polar surface area (TPSA) is 27.0 Å². The van der Waals surface area contributed by atoms with E-state index < -0.39 is 0 Å². The quantitative estimate of drug-likeness (QED) is 0.583. The van der Waals surface area contributed by atoms with Crippen LogP contribution in [0.3, 0.4) is 0 Å². The Morgan fingerprint density at radius 3 is 3.08 bits per heavy atom. The van der Waals surface area contributed by atoms with Crippen molar-refractivity contribution >= 4 is 0 Å². The molecule has 0 saturated carbocycles. The summed E-state index contributed by atoms with van der Waals surface area (Å²) >= 11 is 0. The van der Waals surface area contributed by atoms with Crippen molar-refractivity contribution in [1.82, 2.24) is 4.90 Å². The van der Waals surface area contributed by atoms with Gasteiger partial charge in [0.25, 0.3) is 0 Å². The molecular formula is C10H16N2. The Hall–Kier alpha value is -0.810. The van der Waals surface area contributed by atoms with E-state index in [0.717, 1.165) is 19.5 Å². The number of rotatable bonds is 2. The van der Waals surface area contributed by atoms with Crippen molar-refractivity contribution in [3.05, 3.63) is 11.6 Å². The summed E-state index contributed by atoms with van der Waals surface area (Å²) in [5, 5.41) is 8.54. The van der Waals surface area contributed by atoms with Gasteiger partial charge in [-0.1, -0.05) is 11.6 Å². The van der Waals surface area contributed by atoms with Crippen molar-refractivity contribution in [3.8, 4) is 6.07 Å². The second-order valence-corrected chi connectivity index (χ2v) is 3.52. The zero-order valence-electron chi connectivity index (χ0n) is 7.88. The first-order valence-corrected chi connectivity index (χ1v) is 4.50. The van der Waals surface area contributed by atoms with E-state index in [1.807, 2.05) is 0 Å². The van der Waals surface area contributed by atoms with E-state index in [2.05, 4.69) is 30.9 Å². The summed E-state index contributed by atoms with van der Waals surface area (Å²) in [6, 6.07) is 2.63. The molecule has 0 amide bonds. The van der Waals surface area contributed by atoms with Gasteiger partial charge in [-0.2, -0.15) is 5.26 Å². The molecule has 1 rings (SSSR count). The smallest absolute Gasteiger partial charge is 0.0638 e. The highest BCUT2D eigenvalue weighted by atomic mass is 15.1. The molecule has 2 nitrogen and oxygen atoms in total. The first-order chi connectivity index (χ1) is 5.74. The number of nitriles is 1. The van der Waals surface area contributed by atoms with Crippen molar-refractivity contribution in [3.63, 3.8) is 0 Å². The number of hydrogen-bond donors (Lipinski definition) is 0. The lowest BCUT2D eigenvalue weighted by Crippen LogP contribution is -2.36. The highest BCUT2D eigenvalue weighted by Crippen LogP contribution is 2.13. The molecule has 0 saturated heterocycles. The molecule has 66 valence electrons. The summed E-state index contributed by atoms with van der Waals surface area (Å²) in [5.74, 6) is 0. The van der Waals surface area contributed by atoms with Gasteiger partial charge in [0.05, 0.1) is 12.5 Å². The van der Waals surface area contributed by atoms with E-state index in [1.54, 1.807) is 0 Å². The fourth-order valence-electron chi connectivity index (χ4n) is 1.58. The molecule has 0 bridgehead atoms. The van der Waals surface area contributed by atoms with Gasteiger partial charge < -0.3 is 0 Å². The molecule has 0 aliphatic carbocycles. The molecule has 0 N–H and O–H groups in total. The highest BCUT2D eigenvalue weighted by molar-refractivity contribution is 5.05. The maximum absolute atomic E-state index is 8.54. The Morgan fingerprint density at radius 2 is 2.50 bits per heavy atom. The minimum absolute atomic E-state index is 0.415. The van der Waals surface area contributed by atoms with Crippen molar-refractivity contribution in [1.29, 1.82) is 5.26 Å². The lowest BCUT2D eigenvalue weighted by molar-refractivity contribution is 0.224. The number of hydrogen-bond acceptors (Lipinski definition) is 2. The van der Waals surface area contributed by atoms with Gasteiger partial charge >= 0.3 is 0 Å². The average Bonchev–Trinajstić information content (AvgIpc) is 2.05.